The van der Waals surface area contributed by atoms with Gasteiger partial charge in [-0.05, 0) is 49.2 Å². The van der Waals surface area contributed by atoms with Gasteiger partial charge in [0.15, 0.2) is 0 Å². The third-order valence-corrected chi connectivity index (χ3v) is 4.76. The molecule has 0 aliphatic rings. The molecule has 0 aliphatic heterocycles. The van der Waals surface area contributed by atoms with Crippen LogP contribution in [0.15, 0.2) is 41.8 Å². The summed E-state index contributed by atoms with van der Waals surface area (Å²) < 4.78 is 0. The van der Waals surface area contributed by atoms with E-state index in [2.05, 4.69) is 35.5 Å². The fourth-order valence-electron chi connectivity index (χ4n) is 2.33. The number of carbonyl (C=O) groups excluding carboxylic acids is 1. The molecule has 1 atom stereocenters. The lowest BCUT2D eigenvalue weighted by atomic mass is 10.0. The Hall–Kier alpha value is -1.65. The molecule has 118 valence electrons. The van der Waals surface area contributed by atoms with Gasteiger partial charge in [-0.15, -0.1) is 11.3 Å². The molecule has 1 aromatic heterocycles. The summed E-state index contributed by atoms with van der Waals surface area (Å²) >= 11 is 1.72. The lowest BCUT2D eigenvalue weighted by molar-refractivity contribution is 0.0942. The summed E-state index contributed by atoms with van der Waals surface area (Å²) in [5.41, 5.74) is 1.97. The average Bonchev–Trinajstić information content (AvgIpc) is 3.01. The van der Waals surface area contributed by atoms with Crippen LogP contribution in [0.3, 0.4) is 0 Å². The van der Waals surface area contributed by atoms with Gasteiger partial charge in [-0.1, -0.05) is 32.0 Å². The number of hydrogen-bond acceptors (Lipinski definition) is 3. The molecule has 0 spiro atoms. The average molecular weight is 316 g/mol. The highest BCUT2D eigenvalue weighted by Gasteiger charge is 2.16. The minimum atomic E-state index is -0.0151. The van der Waals surface area contributed by atoms with E-state index in [0.29, 0.717) is 18.0 Å². The molecule has 0 saturated heterocycles. The molecule has 4 heteroatoms. The highest BCUT2D eigenvalue weighted by Crippen LogP contribution is 2.22. The zero-order chi connectivity index (χ0) is 16.1. The first kappa shape index (κ1) is 16.7. The van der Waals surface area contributed by atoms with Gasteiger partial charge >= 0.3 is 0 Å². The number of nitrogens with zero attached hydrogens (tertiary/aromatic N) is 1. The summed E-state index contributed by atoms with van der Waals surface area (Å²) in [7, 11) is 4.07. The van der Waals surface area contributed by atoms with Crippen molar-refractivity contribution in [2.75, 3.05) is 20.6 Å². The molecule has 0 aliphatic carbocycles. The van der Waals surface area contributed by atoms with Gasteiger partial charge in [0.25, 0.3) is 5.91 Å². The standard InChI is InChI=1S/C18H24N2OS/c1-13(2)14-7-9-15(10-8-14)18(21)19-12-16(20(3)4)17-6-5-11-22-17/h5-11,13,16H,12H2,1-4H3,(H,19,21)/t16-/m1/s1. The number of thiophene rings is 1. The molecule has 22 heavy (non-hydrogen) atoms. The van der Waals surface area contributed by atoms with Crippen LogP contribution in [0, 0.1) is 0 Å². The van der Waals surface area contributed by atoms with Crippen LogP contribution in [0.1, 0.15) is 46.6 Å². The van der Waals surface area contributed by atoms with E-state index < -0.39 is 0 Å². The Kier molecular flexibility index (Phi) is 5.75. The molecule has 1 amide bonds. The third kappa shape index (κ3) is 4.18. The minimum absolute atomic E-state index is 0.0151. The van der Waals surface area contributed by atoms with Crippen molar-refractivity contribution in [3.8, 4) is 0 Å². The van der Waals surface area contributed by atoms with Crippen LogP contribution in [-0.4, -0.2) is 31.4 Å². The van der Waals surface area contributed by atoms with Gasteiger partial charge in [-0.2, -0.15) is 0 Å². The molecule has 1 aromatic carbocycles. The predicted molar refractivity (Wildman–Crippen MR) is 93.6 cm³/mol. The first-order chi connectivity index (χ1) is 10.5. The van der Waals surface area contributed by atoms with Crippen molar-refractivity contribution >= 4 is 17.2 Å². The van der Waals surface area contributed by atoms with Crippen LogP contribution in [0.25, 0.3) is 0 Å². The Bertz CT molecular complexity index is 588. The second-order valence-corrected chi connectivity index (χ2v) is 6.96. The first-order valence-corrected chi connectivity index (χ1v) is 8.45. The number of carbonyl (C=O) groups is 1. The van der Waals surface area contributed by atoms with E-state index >= 15 is 0 Å². The van der Waals surface area contributed by atoms with Crippen molar-refractivity contribution in [2.24, 2.45) is 0 Å². The summed E-state index contributed by atoms with van der Waals surface area (Å²) in [6, 6.07) is 12.2. The van der Waals surface area contributed by atoms with Gasteiger partial charge in [0.1, 0.15) is 0 Å². The molecule has 1 heterocycles. The van der Waals surface area contributed by atoms with Crippen molar-refractivity contribution in [1.82, 2.24) is 10.2 Å². The smallest absolute Gasteiger partial charge is 0.251 e. The highest BCUT2D eigenvalue weighted by molar-refractivity contribution is 7.10. The molecule has 2 rings (SSSR count). The quantitative estimate of drug-likeness (QED) is 0.876. The van der Waals surface area contributed by atoms with Crippen molar-refractivity contribution in [1.29, 1.82) is 0 Å². The molecule has 0 radical (unpaired) electrons. The SMILES string of the molecule is CC(C)c1ccc(C(=O)NC[C@H](c2cccs2)N(C)C)cc1. The van der Waals surface area contributed by atoms with Gasteiger partial charge in [0.05, 0.1) is 6.04 Å². The highest BCUT2D eigenvalue weighted by atomic mass is 32.1. The number of likely N-dealkylation sites (N-methyl/N-ethyl adjacent to an activating group) is 1. The van der Waals surface area contributed by atoms with Crippen molar-refractivity contribution in [3.63, 3.8) is 0 Å². The summed E-state index contributed by atoms with van der Waals surface area (Å²) in [4.78, 5) is 15.7. The first-order valence-electron chi connectivity index (χ1n) is 7.57. The Balaban J connectivity index is 1.99. The van der Waals surface area contributed by atoms with E-state index in [1.165, 1.54) is 10.4 Å². The van der Waals surface area contributed by atoms with E-state index in [9.17, 15) is 4.79 Å². The Morgan fingerprint density at radius 1 is 1.18 bits per heavy atom. The summed E-state index contributed by atoms with van der Waals surface area (Å²) in [5, 5.41) is 5.11. The van der Waals surface area contributed by atoms with E-state index in [1.807, 2.05) is 44.4 Å². The number of benzene rings is 1. The number of amides is 1. The monoisotopic (exact) mass is 316 g/mol. The van der Waals surface area contributed by atoms with Crippen LogP contribution in [0.2, 0.25) is 0 Å². The van der Waals surface area contributed by atoms with Gasteiger partial charge in [-0.3, -0.25) is 4.79 Å². The Morgan fingerprint density at radius 2 is 1.86 bits per heavy atom. The lowest BCUT2D eigenvalue weighted by Crippen LogP contribution is -2.34. The zero-order valence-corrected chi connectivity index (χ0v) is 14.5. The maximum atomic E-state index is 12.3. The van der Waals surface area contributed by atoms with Crippen molar-refractivity contribution < 1.29 is 4.79 Å². The molecule has 0 unspecified atom stereocenters. The van der Waals surface area contributed by atoms with Crippen LogP contribution in [0.5, 0.6) is 0 Å². The summed E-state index contributed by atoms with van der Waals surface area (Å²) in [6.07, 6.45) is 0. The van der Waals surface area contributed by atoms with E-state index in [0.717, 1.165) is 0 Å². The van der Waals surface area contributed by atoms with Crippen molar-refractivity contribution in [3.05, 3.63) is 57.8 Å². The van der Waals surface area contributed by atoms with Crippen LogP contribution in [0.4, 0.5) is 0 Å². The molecule has 3 nitrogen and oxygen atoms in total. The Labute approximate surface area is 137 Å². The number of rotatable bonds is 6. The van der Waals surface area contributed by atoms with Crippen LogP contribution < -0.4 is 5.32 Å². The van der Waals surface area contributed by atoms with Crippen LogP contribution >= 0.6 is 11.3 Å². The van der Waals surface area contributed by atoms with E-state index in [-0.39, 0.29) is 11.9 Å². The maximum Gasteiger partial charge on any atom is 0.251 e. The molecule has 0 saturated carbocycles. The van der Waals surface area contributed by atoms with Gasteiger partial charge < -0.3 is 10.2 Å². The molecular formula is C18H24N2OS. The van der Waals surface area contributed by atoms with Crippen molar-refractivity contribution in [2.45, 2.75) is 25.8 Å². The predicted octanol–water partition coefficient (Wildman–Crippen LogP) is 3.90. The van der Waals surface area contributed by atoms with Gasteiger partial charge in [0.2, 0.25) is 0 Å². The Morgan fingerprint density at radius 3 is 2.36 bits per heavy atom. The zero-order valence-electron chi connectivity index (χ0n) is 13.7. The number of nitrogens with one attached hydrogen (secondary N) is 1. The fraction of sp³-hybridized carbons (Fsp3) is 0.389. The second kappa shape index (κ2) is 7.56. The third-order valence-electron chi connectivity index (χ3n) is 3.79. The van der Waals surface area contributed by atoms with Crippen LogP contribution in [-0.2, 0) is 0 Å². The molecule has 0 fully saturated rings. The van der Waals surface area contributed by atoms with E-state index in [1.54, 1.807) is 11.3 Å². The topological polar surface area (TPSA) is 32.3 Å². The summed E-state index contributed by atoms with van der Waals surface area (Å²) in [6.45, 7) is 4.91. The summed E-state index contributed by atoms with van der Waals surface area (Å²) in [5.74, 6) is 0.466. The lowest BCUT2D eigenvalue weighted by Gasteiger charge is -2.23. The van der Waals surface area contributed by atoms with Gasteiger partial charge in [0, 0.05) is 17.0 Å². The van der Waals surface area contributed by atoms with E-state index in [4.69, 9.17) is 0 Å². The largest absolute Gasteiger partial charge is 0.350 e. The molecule has 2 aromatic rings. The molecule has 1 N–H and O–H groups in total. The second-order valence-electron chi connectivity index (χ2n) is 5.98. The normalized spacial score (nSPS) is 12.6. The number of hydrogen-bond donors (Lipinski definition) is 1. The maximum absolute atomic E-state index is 12.3. The minimum Gasteiger partial charge on any atom is -0.350 e. The molecule has 0 bridgehead atoms. The van der Waals surface area contributed by atoms with Gasteiger partial charge in [-0.25, -0.2) is 0 Å². The fourth-order valence-corrected chi connectivity index (χ4v) is 3.25. The molecular weight excluding hydrogens is 292 g/mol.